The smallest absolute Gasteiger partial charge is 0.318 e. The lowest BCUT2D eigenvalue weighted by Crippen LogP contribution is -2.31. The lowest BCUT2D eigenvalue weighted by atomic mass is 9.81. The number of hydrogen-bond acceptors (Lipinski definition) is 3. The number of rotatable bonds is 8. The predicted octanol–water partition coefficient (Wildman–Crippen LogP) is 5.20. The molecule has 0 aliphatic heterocycles. The van der Waals surface area contributed by atoms with Crippen LogP contribution in [0.15, 0.2) is 104 Å². The van der Waals surface area contributed by atoms with Gasteiger partial charge >= 0.3 is 5.97 Å². The van der Waals surface area contributed by atoms with Crippen molar-refractivity contribution < 1.29 is 14.3 Å². The van der Waals surface area contributed by atoms with Crippen LogP contribution in [0.25, 0.3) is 0 Å². The van der Waals surface area contributed by atoms with E-state index in [1.165, 1.54) is 0 Å². The van der Waals surface area contributed by atoms with Gasteiger partial charge in [0, 0.05) is 11.5 Å². The lowest BCUT2D eigenvalue weighted by molar-refractivity contribution is -0.148. The fraction of sp³-hybridized carbons (Fsp3) is 0.120. The van der Waals surface area contributed by atoms with Gasteiger partial charge in [-0.2, -0.15) is 0 Å². The van der Waals surface area contributed by atoms with E-state index in [2.05, 4.69) is 6.58 Å². The van der Waals surface area contributed by atoms with E-state index in [1.807, 2.05) is 66.7 Å². The van der Waals surface area contributed by atoms with E-state index in [4.69, 9.17) is 4.74 Å². The zero-order valence-corrected chi connectivity index (χ0v) is 15.5. The first-order valence-electron chi connectivity index (χ1n) is 9.18. The van der Waals surface area contributed by atoms with Crippen LogP contribution in [-0.4, -0.2) is 11.8 Å². The van der Waals surface area contributed by atoms with Crippen LogP contribution >= 0.6 is 0 Å². The summed E-state index contributed by atoms with van der Waals surface area (Å²) in [5.41, 5.74) is 2.20. The molecule has 0 aromatic heterocycles. The summed E-state index contributed by atoms with van der Waals surface area (Å²) in [6.45, 7) is 4.00. The van der Waals surface area contributed by atoms with Crippen LogP contribution in [0.3, 0.4) is 0 Å². The average Bonchev–Trinajstić information content (AvgIpc) is 2.77. The first kappa shape index (κ1) is 19.3. The first-order chi connectivity index (χ1) is 13.7. The third-order valence-electron chi connectivity index (χ3n) is 4.62. The van der Waals surface area contributed by atoms with Gasteiger partial charge in [0.2, 0.25) is 0 Å². The zero-order valence-electron chi connectivity index (χ0n) is 15.5. The minimum Gasteiger partial charge on any atom is -0.460 e. The van der Waals surface area contributed by atoms with Crippen molar-refractivity contribution in [2.24, 2.45) is 5.92 Å². The Labute approximate surface area is 165 Å². The molecule has 3 nitrogen and oxygen atoms in total. The molecule has 140 valence electrons. The maximum atomic E-state index is 13.2. The van der Waals surface area contributed by atoms with Crippen molar-refractivity contribution in [1.82, 2.24) is 0 Å². The molecular formula is C25H22O3. The van der Waals surface area contributed by atoms with Gasteiger partial charge in [0.15, 0.2) is 5.78 Å². The van der Waals surface area contributed by atoms with Gasteiger partial charge in [-0.3, -0.25) is 9.59 Å². The molecule has 0 N–H and O–H groups in total. The van der Waals surface area contributed by atoms with Crippen LogP contribution in [0, 0.1) is 5.92 Å². The third-order valence-corrected chi connectivity index (χ3v) is 4.62. The Morgan fingerprint density at radius 3 is 1.93 bits per heavy atom. The maximum Gasteiger partial charge on any atom is 0.318 e. The Morgan fingerprint density at radius 2 is 1.36 bits per heavy atom. The van der Waals surface area contributed by atoms with Crippen LogP contribution in [0.1, 0.15) is 27.4 Å². The third kappa shape index (κ3) is 4.63. The zero-order chi connectivity index (χ0) is 19.8. The Bertz CT molecular complexity index is 918. The number of Topliss-reactive ketones (excluding diaryl/α,β-unsaturated/α-hetero) is 1. The highest BCUT2D eigenvalue weighted by molar-refractivity contribution is 6.09. The standard InChI is InChI=1S/C25H22O3/c1-2-22(20-14-8-4-9-15-20)23(24(26)21-16-10-5-11-17-21)25(27)28-18-19-12-6-3-7-13-19/h2-17,22-23H,1,18H2/t22-,23+/m0/s1. The van der Waals surface area contributed by atoms with Crippen LogP contribution in [0.2, 0.25) is 0 Å². The van der Waals surface area contributed by atoms with Gasteiger partial charge in [-0.25, -0.2) is 0 Å². The second kappa shape index (κ2) is 9.47. The van der Waals surface area contributed by atoms with Gasteiger partial charge in [0.05, 0.1) is 0 Å². The van der Waals surface area contributed by atoms with Crippen molar-refractivity contribution in [3.8, 4) is 0 Å². The fourth-order valence-electron chi connectivity index (χ4n) is 3.16. The summed E-state index contributed by atoms with van der Waals surface area (Å²) in [5, 5.41) is 0. The number of ether oxygens (including phenoxy) is 1. The highest BCUT2D eigenvalue weighted by atomic mass is 16.5. The summed E-state index contributed by atoms with van der Waals surface area (Å²) in [5.74, 6) is -2.29. The molecule has 0 aliphatic carbocycles. The quantitative estimate of drug-likeness (QED) is 0.237. The van der Waals surface area contributed by atoms with Crippen molar-refractivity contribution in [2.45, 2.75) is 12.5 Å². The monoisotopic (exact) mass is 370 g/mol. The predicted molar refractivity (Wildman–Crippen MR) is 110 cm³/mol. The fourth-order valence-corrected chi connectivity index (χ4v) is 3.16. The molecule has 0 heterocycles. The largest absolute Gasteiger partial charge is 0.460 e. The van der Waals surface area contributed by atoms with Gasteiger partial charge in [0.25, 0.3) is 0 Å². The average molecular weight is 370 g/mol. The van der Waals surface area contributed by atoms with Gasteiger partial charge in [0.1, 0.15) is 12.5 Å². The molecule has 0 fully saturated rings. The molecule has 0 saturated heterocycles. The summed E-state index contributed by atoms with van der Waals surface area (Å²) < 4.78 is 5.53. The molecule has 3 heteroatoms. The van der Waals surface area contributed by atoms with Crippen LogP contribution in [-0.2, 0) is 16.1 Å². The Kier molecular flexibility index (Phi) is 6.53. The molecule has 3 aromatic rings. The summed E-state index contributed by atoms with van der Waals surface area (Å²) in [7, 11) is 0. The van der Waals surface area contributed by atoms with E-state index in [0.717, 1.165) is 11.1 Å². The molecule has 0 bridgehead atoms. The molecule has 0 radical (unpaired) electrons. The molecule has 0 amide bonds. The molecular weight excluding hydrogens is 348 g/mol. The molecule has 0 aliphatic rings. The number of ketones is 1. The number of carbonyl (C=O) groups is 2. The van der Waals surface area contributed by atoms with Crippen molar-refractivity contribution in [2.75, 3.05) is 0 Å². The van der Waals surface area contributed by atoms with Crippen molar-refractivity contribution in [1.29, 1.82) is 0 Å². The van der Waals surface area contributed by atoms with Gasteiger partial charge in [-0.15, -0.1) is 6.58 Å². The number of benzene rings is 3. The van der Waals surface area contributed by atoms with Gasteiger partial charge < -0.3 is 4.74 Å². The number of esters is 1. The number of carbonyl (C=O) groups excluding carboxylic acids is 2. The lowest BCUT2D eigenvalue weighted by Gasteiger charge is -2.23. The minimum absolute atomic E-state index is 0.122. The Morgan fingerprint density at radius 1 is 0.821 bits per heavy atom. The van der Waals surface area contributed by atoms with Gasteiger partial charge in [-0.05, 0) is 11.1 Å². The van der Waals surface area contributed by atoms with E-state index in [-0.39, 0.29) is 12.4 Å². The van der Waals surface area contributed by atoms with E-state index >= 15 is 0 Å². The summed E-state index contributed by atoms with van der Waals surface area (Å²) >= 11 is 0. The van der Waals surface area contributed by atoms with E-state index in [0.29, 0.717) is 5.56 Å². The SMILES string of the molecule is C=C[C@@H](c1ccccc1)[C@@H](C(=O)OCc1ccccc1)C(=O)c1ccccc1. The summed E-state index contributed by atoms with van der Waals surface area (Å²) in [6, 6.07) is 27.7. The molecule has 3 aromatic carbocycles. The number of hydrogen-bond donors (Lipinski definition) is 0. The van der Waals surface area contributed by atoms with E-state index in [9.17, 15) is 9.59 Å². The van der Waals surface area contributed by atoms with Gasteiger partial charge in [-0.1, -0.05) is 97.1 Å². The maximum absolute atomic E-state index is 13.2. The summed E-state index contributed by atoms with van der Waals surface area (Å²) in [4.78, 5) is 26.2. The van der Waals surface area contributed by atoms with E-state index < -0.39 is 17.8 Å². The Hall–Kier alpha value is -3.46. The van der Waals surface area contributed by atoms with Crippen LogP contribution < -0.4 is 0 Å². The molecule has 2 atom stereocenters. The Balaban J connectivity index is 1.90. The molecule has 0 saturated carbocycles. The highest BCUT2D eigenvalue weighted by Gasteiger charge is 2.36. The van der Waals surface area contributed by atoms with E-state index in [1.54, 1.807) is 30.3 Å². The highest BCUT2D eigenvalue weighted by Crippen LogP contribution is 2.30. The minimum atomic E-state index is -0.994. The second-order valence-corrected chi connectivity index (χ2v) is 6.47. The molecule has 28 heavy (non-hydrogen) atoms. The van der Waals surface area contributed by atoms with Crippen LogP contribution in [0.4, 0.5) is 0 Å². The molecule has 0 unspecified atom stereocenters. The first-order valence-corrected chi connectivity index (χ1v) is 9.18. The normalized spacial score (nSPS) is 12.6. The van der Waals surface area contributed by atoms with Crippen LogP contribution in [0.5, 0.6) is 0 Å². The van der Waals surface area contributed by atoms with Crippen molar-refractivity contribution in [3.05, 3.63) is 120 Å². The molecule has 3 rings (SSSR count). The van der Waals surface area contributed by atoms with Crippen molar-refractivity contribution in [3.63, 3.8) is 0 Å². The molecule has 0 spiro atoms. The summed E-state index contributed by atoms with van der Waals surface area (Å²) in [6.07, 6.45) is 1.64. The second-order valence-electron chi connectivity index (χ2n) is 6.47. The number of allylic oxidation sites excluding steroid dienone is 1. The topological polar surface area (TPSA) is 43.4 Å². The van der Waals surface area contributed by atoms with Crippen molar-refractivity contribution >= 4 is 11.8 Å².